The Kier molecular flexibility index (Phi) is 3.95. The van der Waals surface area contributed by atoms with Crippen LogP contribution in [-0.2, 0) is 4.74 Å². The Labute approximate surface area is 67.6 Å². The van der Waals surface area contributed by atoms with E-state index in [9.17, 15) is 0 Å². The Balaban J connectivity index is 1.90. The molecule has 0 aromatic heterocycles. The third kappa shape index (κ3) is 3.35. The number of nitrogens with one attached hydrogen (secondary N) is 1. The van der Waals surface area contributed by atoms with Crippen LogP contribution in [0, 0.1) is 12.5 Å². The standard InChI is InChI=1S/C8H14N2O/c1-9-3-4-10-6-8-2-5-11-7-8/h8,10H,2-7H2. The fourth-order valence-electron chi connectivity index (χ4n) is 1.19. The molecule has 0 saturated carbocycles. The van der Waals surface area contributed by atoms with Crippen LogP contribution in [0.3, 0.4) is 0 Å². The Morgan fingerprint density at radius 2 is 2.55 bits per heavy atom. The molecule has 0 aromatic carbocycles. The van der Waals surface area contributed by atoms with Gasteiger partial charge in [-0.15, -0.1) is 0 Å². The van der Waals surface area contributed by atoms with Crippen LogP contribution in [0.2, 0.25) is 0 Å². The molecule has 1 rings (SSSR count). The fourth-order valence-corrected chi connectivity index (χ4v) is 1.19. The highest BCUT2D eigenvalue weighted by Crippen LogP contribution is 2.10. The number of nitrogens with zero attached hydrogens (tertiary/aromatic N) is 1. The quantitative estimate of drug-likeness (QED) is 0.472. The first-order valence-electron chi connectivity index (χ1n) is 4.05. The van der Waals surface area contributed by atoms with E-state index in [1.54, 1.807) is 0 Å². The normalized spacial score (nSPS) is 23.4. The van der Waals surface area contributed by atoms with E-state index in [2.05, 4.69) is 10.2 Å². The maximum atomic E-state index is 6.55. The first-order chi connectivity index (χ1) is 5.43. The molecule has 3 nitrogen and oxygen atoms in total. The van der Waals surface area contributed by atoms with Crippen molar-refractivity contribution < 1.29 is 4.74 Å². The summed E-state index contributed by atoms with van der Waals surface area (Å²) >= 11 is 0. The van der Waals surface area contributed by atoms with E-state index in [4.69, 9.17) is 11.3 Å². The molecule has 1 unspecified atom stereocenters. The average Bonchev–Trinajstić information content (AvgIpc) is 2.50. The van der Waals surface area contributed by atoms with Crippen LogP contribution >= 0.6 is 0 Å². The molecule has 1 atom stereocenters. The van der Waals surface area contributed by atoms with Crippen LogP contribution in [0.5, 0.6) is 0 Å². The Hall–Kier alpha value is -0.590. The predicted molar refractivity (Wildman–Crippen MR) is 43.3 cm³/mol. The summed E-state index contributed by atoms with van der Waals surface area (Å²) in [7, 11) is 0. The van der Waals surface area contributed by atoms with Crippen molar-refractivity contribution in [1.29, 1.82) is 0 Å². The van der Waals surface area contributed by atoms with E-state index in [1.807, 2.05) is 0 Å². The van der Waals surface area contributed by atoms with Crippen molar-refractivity contribution in [3.05, 3.63) is 11.4 Å². The van der Waals surface area contributed by atoms with Crippen molar-refractivity contribution in [2.75, 3.05) is 32.8 Å². The van der Waals surface area contributed by atoms with Gasteiger partial charge in [-0.3, -0.25) is 0 Å². The van der Waals surface area contributed by atoms with Gasteiger partial charge in [0.05, 0.1) is 13.2 Å². The molecule has 1 heterocycles. The zero-order valence-corrected chi connectivity index (χ0v) is 6.68. The van der Waals surface area contributed by atoms with Gasteiger partial charge >= 0.3 is 0 Å². The summed E-state index contributed by atoms with van der Waals surface area (Å²) in [5, 5.41) is 3.23. The van der Waals surface area contributed by atoms with Crippen molar-refractivity contribution in [1.82, 2.24) is 5.32 Å². The largest absolute Gasteiger partial charge is 0.381 e. The maximum absolute atomic E-state index is 6.55. The molecule has 1 N–H and O–H groups in total. The number of hydrogen-bond acceptors (Lipinski definition) is 2. The van der Waals surface area contributed by atoms with Gasteiger partial charge in [-0.05, 0) is 12.3 Å². The summed E-state index contributed by atoms with van der Waals surface area (Å²) in [5.41, 5.74) is 0. The zero-order valence-electron chi connectivity index (χ0n) is 6.68. The highest BCUT2D eigenvalue weighted by molar-refractivity contribution is 4.68. The molecule has 1 aliphatic heterocycles. The third-order valence-corrected chi connectivity index (χ3v) is 1.86. The minimum Gasteiger partial charge on any atom is -0.381 e. The molecule has 0 amide bonds. The van der Waals surface area contributed by atoms with Crippen LogP contribution in [0.1, 0.15) is 6.42 Å². The van der Waals surface area contributed by atoms with Crippen LogP contribution in [0.15, 0.2) is 0 Å². The van der Waals surface area contributed by atoms with Crippen molar-refractivity contribution in [2.45, 2.75) is 6.42 Å². The van der Waals surface area contributed by atoms with E-state index in [0.717, 1.165) is 26.3 Å². The molecule has 0 spiro atoms. The summed E-state index contributed by atoms with van der Waals surface area (Å²) in [6.07, 6.45) is 1.17. The lowest BCUT2D eigenvalue weighted by molar-refractivity contribution is 0.185. The lowest BCUT2D eigenvalue weighted by Crippen LogP contribution is -2.25. The third-order valence-electron chi connectivity index (χ3n) is 1.86. The summed E-state index contributed by atoms with van der Waals surface area (Å²) in [4.78, 5) is 3.26. The number of hydrogen-bond donors (Lipinski definition) is 1. The van der Waals surface area contributed by atoms with Crippen LogP contribution in [0.4, 0.5) is 0 Å². The SMILES string of the molecule is [C-]#[N+]CCNCC1CCOC1. The Morgan fingerprint density at radius 1 is 1.64 bits per heavy atom. The zero-order chi connectivity index (χ0) is 7.94. The minimum absolute atomic E-state index is 0.591. The molecule has 0 aliphatic carbocycles. The first kappa shape index (κ1) is 8.51. The number of rotatable bonds is 4. The van der Waals surface area contributed by atoms with E-state index < -0.39 is 0 Å². The van der Waals surface area contributed by atoms with Crippen molar-refractivity contribution in [3.8, 4) is 0 Å². The summed E-state index contributed by atoms with van der Waals surface area (Å²) in [5.74, 6) is 0.681. The second kappa shape index (κ2) is 5.11. The molecule has 11 heavy (non-hydrogen) atoms. The Bertz CT molecular complexity index is 136. The fraction of sp³-hybridized carbons (Fsp3) is 0.875. The van der Waals surface area contributed by atoms with Gasteiger partial charge < -0.3 is 14.9 Å². The molecule has 62 valence electrons. The molecule has 0 bridgehead atoms. The topological polar surface area (TPSA) is 25.6 Å². The molecular formula is C8H14N2O. The molecule has 1 fully saturated rings. The highest BCUT2D eigenvalue weighted by atomic mass is 16.5. The lowest BCUT2D eigenvalue weighted by Gasteiger charge is -2.05. The second-order valence-electron chi connectivity index (χ2n) is 2.82. The highest BCUT2D eigenvalue weighted by Gasteiger charge is 2.14. The van der Waals surface area contributed by atoms with E-state index >= 15 is 0 Å². The minimum atomic E-state index is 0.591. The van der Waals surface area contributed by atoms with Gasteiger partial charge in [0.15, 0.2) is 0 Å². The smallest absolute Gasteiger partial charge is 0.226 e. The average molecular weight is 154 g/mol. The molecule has 3 heteroatoms. The van der Waals surface area contributed by atoms with E-state index in [0.29, 0.717) is 12.5 Å². The first-order valence-corrected chi connectivity index (χ1v) is 4.05. The van der Waals surface area contributed by atoms with Gasteiger partial charge in [0, 0.05) is 13.2 Å². The predicted octanol–water partition coefficient (Wildman–Crippen LogP) is 0.532. The van der Waals surface area contributed by atoms with Crippen molar-refractivity contribution in [3.63, 3.8) is 0 Å². The van der Waals surface area contributed by atoms with E-state index in [1.165, 1.54) is 6.42 Å². The molecule has 0 aromatic rings. The van der Waals surface area contributed by atoms with Crippen molar-refractivity contribution >= 4 is 0 Å². The molecule has 0 radical (unpaired) electrons. The van der Waals surface area contributed by atoms with E-state index in [-0.39, 0.29) is 0 Å². The molecule has 1 aliphatic rings. The monoisotopic (exact) mass is 154 g/mol. The van der Waals surface area contributed by atoms with Gasteiger partial charge in [-0.1, -0.05) is 0 Å². The van der Waals surface area contributed by atoms with Crippen LogP contribution in [0.25, 0.3) is 4.85 Å². The van der Waals surface area contributed by atoms with Crippen LogP contribution in [-0.4, -0.2) is 32.8 Å². The van der Waals surface area contributed by atoms with Gasteiger partial charge in [-0.2, -0.15) is 0 Å². The second-order valence-corrected chi connectivity index (χ2v) is 2.82. The maximum Gasteiger partial charge on any atom is 0.226 e. The van der Waals surface area contributed by atoms with Crippen LogP contribution < -0.4 is 5.32 Å². The molecular weight excluding hydrogens is 140 g/mol. The van der Waals surface area contributed by atoms with Crippen molar-refractivity contribution in [2.24, 2.45) is 5.92 Å². The summed E-state index contributed by atoms with van der Waals surface area (Å²) in [6.45, 7) is 10.8. The lowest BCUT2D eigenvalue weighted by atomic mass is 10.1. The number of ether oxygens (including phenoxy) is 1. The molecule has 1 saturated heterocycles. The van der Waals surface area contributed by atoms with Gasteiger partial charge in [0.1, 0.15) is 0 Å². The summed E-state index contributed by atoms with van der Waals surface area (Å²) < 4.78 is 5.21. The summed E-state index contributed by atoms with van der Waals surface area (Å²) in [6, 6.07) is 0. The van der Waals surface area contributed by atoms with Gasteiger partial charge in [0.25, 0.3) is 0 Å². The van der Waals surface area contributed by atoms with Gasteiger partial charge in [0.2, 0.25) is 6.54 Å². The Morgan fingerprint density at radius 3 is 3.18 bits per heavy atom. The van der Waals surface area contributed by atoms with Gasteiger partial charge in [-0.25, -0.2) is 6.57 Å².